The third kappa shape index (κ3) is 3.33. The second-order valence-electron chi connectivity index (χ2n) is 5.84. The Bertz CT molecular complexity index is 467. The summed E-state index contributed by atoms with van der Waals surface area (Å²) < 4.78 is 0. The lowest BCUT2D eigenvalue weighted by atomic mass is 9.96. The van der Waals surface area contributed by atoms with Crippen LogP contribution in [-0.2, 0) is 5.88 Å². The molecular formula is C16H23ClN2O. The molecule has 1 amide bonds. The highest BCUT2D eigenvalue weighted by Gasteiger charge is 2.36. The SMILES string of the molecule is CN(C)C1(CNC(=O)c2cccc(CCl)c2)CCCC1. The van der Waals surface area contributed by atoms with Crippen molar-refractivity contribution in [1.82, 2.24) is 10.2 Å². The molecule has 0 radical (unpaired) electrons. The smallest absolute Gasteiger partial charge is 0.251 e. The number of carbonyl (C=O) groups is 1. The van der Waals surface area contributed by atoms with Crippen LogP contribution in [0.3, 0.4) is 0 Å². The Hall–Kier alpha value is -1.06. The lowest BCUT2D eigenvalue weighted by Gasteiger charge is -2.36. The summed E-state index contributed by atoms with van der Waals surface area (Å²) in [5, 5.41) is 3.09. The van der Waals surface area contributed by atoms with Crippen LogP contribution < -0.4 is 5.32 Å². The van der Waals surface area contributed by atoms with Crippen molar-refractivity contribution >= 4 is 17.5 Å². The lowest BCUT2D eigenvalue weighted by Crippen LogP contribution is -2.50. The van der Waals surface area contributed by atoms with Gasteiger partial charge in [0.15, 0.2) is 0 Å². The first-order chi connectivity index (χ1) is 9.57. The maximum Gasteiger partial charge on any atom is 0.251 e. The number of likely N-dealkylation sites (N-methyl/N-ethyl adjacent to an activating group) is 1. The highest BCUT2D eigenvalue weighted by atomic mass is 35.5. The van der Waals surface area contributed by atoms with Crippen molar-refractivity contribution in [3.63, 3.8) is 0 Å². The molecule has 0 aliphatic heterocycles. The standard InChI is InChI=1S/C16H23ClN2O/c1-19(2)16(8-3-4-9-16)12-18-15(20)14-7-5-6-13(10-14)11-17/h5-7,10H,3-4,8-9,11-12H2,1-2H3,(H,18,20). The van der Waals surface area contributed by atoms with Gasteiger partial charge in [0.05, 0.1) is 0 Å². The van der Waals surface area contributed by atoms with Crippen LogP contribution in [0.5, 0.6) is 0 Å². The van der Waals surface area contributed by atoms with Gasteiger partial charge in [0.2, 0.25) is 0 Å². The van der Waals surface area contributed by atoms with Crippen LogP contribution in [0.2, 0.25) is 0 Å². The minimum atomic E-state index is -0.00917. The molecule has 0 spiro atoms. The van der Waals surface area contributed by atoms with E-state index in [9.17, 15) is 4.79 Å². The lowest BCUT2D eigenvalue weighted by molar-refractivity contribution is 0.0900. The molecule has 1 fully saturated rings. The molecule has 1 aromatic carbocycles. The van der Waals surface area contributed by atoms with Gasteiger partial charge >= 0.3 is 0 Å². The fourth-order valence-electron chi connectivity index (χ4n) is 2.96. The molecule has 0 saturated heterocycles. The molecule has 4 heteroatoms. The van der Waals surface area contributed by atoms with E-state index in [0.717, 1.165) is 18.4 Å². The molecule has 0 aromatic heterocycles. The van der Waals surface area contributed by atoms with Gasteiger partial charge < -0.3 is 10.2 Å². The van der Waals surface area contributed by atoms with Crippen LogP contribution in [0.4, 0.5) is 0 Å². The van der Waals surface area contributed by atoms with Crippen LogP contribution in [0.25, 0.3) is 0 Å². The highest BCUT2D eigenvalue weighted by molar-refractivity contribution is 6.17. The minimum absolute atomic E-state index is 0.00917. The molecule has 1 aliphatic rings. The van der Waals surface area contributed by atoms with Crippen LogP contribution in [0.1, 0.15) is 41.6 Å². The number of amides is 1. The summed E-state index contributed by atoms with van der Waals surface area (Å²) in [6.45, 7) is 0.712. The predicted octanol–water partition coefficient (Wildman–Crippen LogP) is 3.03. The van der Waals surface area contributed by atoms with Gasteiger partial charge in [-0.1, -0.05) is 25.0 Å². The maximum atomic E-state index is 12.3. The van der Waals surface area contributed by atoms with Crippen LogP contribution >= 0.6 is 11.6 Å². The van der Waals surface area contributed by atoms with Gasteiger partial charge in [0.25, 0.3) is 5.91 Å². The van der Waals surface area contributed by atoms with Gasteiger partial charge in [-0.25, -0.2) is 0 Å². The molecule has 2 rings (SSSR count). The predicted molar refractivity (Wildman–Crippen MR) is 83.2 cm³/mol. The van der Waals surface area contributed by atoms with Crippen molar-refractivity contribution < 1.29 is 4.79 Å². The minimum Gasteiger partial charge on any atom is -0.350 e. The first kappa shape index (κ1) is 15.3. The highest BCUT2D eigenvalue weighted by Crippen LogP contribution is 2.33. The van der Waals surface area contributed by atoms with Crippen molar-refractivity contribution in [2.75, 3.05) is 20.6 Å². The van der Waals surface area contributed by atoms with Gasteiger partial charge in [-0.2, -0.15) is 0 Å². The van der Waals surface area contributed by atoms with E-state index < -0.39 is 0 Å². The second kappa shape index (κ2) is 6.59. The summed E-state index contributed by atoms with van der Waals surface area (Å²) in [6, 6.07) is 7.51. The van der Waals surface area contributed by atoms with Gasteiger partial charge in [0, 0.05) is 23.5 Å². The molecule has 1 N–H and O–H groups in total. The first-order valence-corrected chi connectivity index (χ1v) is 7.71. The monoisotopic (exact) mass is 294 g/mol. The number of carbonyl (C=O) groups excluding carboxylic acids is 1. The zero-order chi connectivity index (χ0) is 14.6. The normalized spacial score (nSPS) is 17.4. The Labute approximate surface area is 126 Å². The van der Waals surface area contributed by atoms with Crippen molar-refractivity contribution in [3.8, 4) is 0 Å². The fourth-order valence-corrected chi connectivity index (χ4v) is 3.12. The summed E-state index contributed by atoms with van der Waals surface area (Å²) in [5.41, 5.74) is 1.79. The van der Waals surface area contributed by atoms with Crippen molar-refractivity contribution in [2.24, 2.45) is 0 Å². The molecule has 20 heavy (non-hydrogen) atoms. The van der Waals surface area contributed by atoms with Gasteiger partial charge in [-0.15, -0.1) is 11.6 Å². The quantitative estimate of drug-likeness (QED) is 0.847. The van der Waals surface area contributed by atoms with E-state index in [-0.39, 0.29) is 11.4 Å². The summed E-state index contributed by atoms with van der Waals surface area (Å²) >= 11 is 5.81. The molecule has 0 atom stereocenters. The summed E-state index contributed by atoms with van der Waals surface area (Å²) in [6.07, 6.45) is 4.80. The Morgan fingerprint density at radius 1 is 1.35 bits per heavy atom. The van der Waals surface area contributed by atoms with E-state index in [1.165, 1.54) is 12.8 Å². The number of halogens is 1. The Balaban J connectivity index is 2.00. The molecule has 0 bridgehead atoms. The number of nitrogens with one attached hydrogen (secondary N) is 1. The average Bonchev–Trinajstić information content (AvgIpc) is 2.95. The Kier molecular flexibility index (Phi) is 5.06. The molecular weight excluding hydrogens is 272 g/mol. The Morgan fingerprint density at radius 2 is 2.05 bits per heavy atom. The first-order valence-electron chi connectivity index (χ1n) is 7.18. The van der Waals surface area contributed by atoms with Crippen molar-refractivity contribution in [3.05, 3.63) is 35.4 Å². The number of hydrogen-bond acceptors (Lipinski definition) is 2. The number of benzene rings is 1. The van der Waals surface area contributed by atoms with E-state index in [0.29, 0.717) is 18.0 Å². The molecule has 0 unspecified atom stereocenters. The van der Waals surface area contributed by atoms with E-state index in [1.54, 1.807) is 0 Å². The fraction of sp³-hybridized carbons (Fsp3) is 0.562. The average molecular weight is 295 g/mol. The van der Waals surface area contributed by atoms with E-state index in [4.69, 9.17) is 11.6 Å². The summed E-state index contributed by atoms with van der Waals surface area (Å²) in [7, 11) is 4.21. The Morgan fingerprint density at radius 3 is 2.65 bits per heavy atom. The summed E-state index contributed by atoms with van der Waals surface area (Å²) in [5.74, 6) is 0.424. The molecule has 0 heterocycles. The molecule has 110 valence electrons. The third-order valence-corrected chi connectivity index (χ3v) is 4.71. The van der Waals surface area contributed by atoms with Gasteiger partial charge in [0.1, 0.15) is 0 Å². The zero-order valence-electron chi connectivity index (χ0n) is 12.3. The van der Waals surface area contributed by atoms with Crippen LogP contribution in [0, 0.1) is 0 Å². The van der Waals surface area contributed by atoms with Crippen LogP contribution in [0.15, 0.2) is 24.3 Å². The molecule has 1 saturated carbocycles. The molecule has 3 nitrogen and oxygen atoms in total. The molecule has 1 aromatic rings. The largest absolute Gasteiger partial charge is 0.350 e. The number of rotatable bonds is 5. The van der Waals surface area contributed by atoms with E-state index in [2.05, 4.69) is 24.3 Å². The van der Waals surface area contributed by atoms with Gasteiger partial charge in [-0.3, -0.25) is 4.79 Å². The van der Waals surface area contributed by atoms with Gasteiger partial charge in [-0.05, 0) is 44.6 Å². The maximum absolute atomic E-state index is 12.3. The zero-order valence-corrected chi connectivity index (χ0v) is 13.0. The van der Waals surface area contributed by atoms with E-state index in [1.807, 2.05) is 24.3 Å². The van der Waals surface area contributed by atoms with Crippen molar-refractivity contribution in [2.45, 2.75) is 37.1 Å². The van der Waals surface area contributed by atoms with E-state index >= 15 is 0 Å². The second-order valence-corrected chi connectivity index (χ2v) is 6.11. The number of nitrogens with zero attached hydrogens (tertiary/aromatic N) is 1. The topological polar surface area (TPSA) is 32.3 Å². The van der Waals surface area contributed by atoms with Crippen molar-refractivity contribution in [1.29, 1.82) is 0 Å². The van der Waals surface area contributed by atoms with Crippen LogP contribution in [-0.4, -0.2) is 37.0 Å². The molecule has 1 aliphatic carbocycles. The summed E-state index contributed by atoms with van der Waals surface area (Å²) in [4.78, 5) is 14.5. The number of alkyl halides is 1. The third-order valence-electron chi connectivity index (χ3n) is 4.40. The number of hydrogen-bond donors (Lipinski definition) is 1.